The maximum Gasteiger partial charge on any atom is 0.134 e. The van der Waals surface area contributed by atoms with Gasteiger partial charge in [0, 0.05) is 26.2 Å². The summed E-state index contributed by atoms with van der Waals surface area (Å²) in [5.74, 6) is 1.86. The topological polar surface area (TPSA) is 41.0 Å². The number of hydrogen-bond acceptors (Lipinski definition) is 4. The Kier molecular flexibility index (Phi) is 4.16. The highest BCUT2D eigenvalue weighted by Gasteiger charge is 2.04. The van der Waals surface area contributed by atoms with Gasteiger partial charge in [0.05, 0.1) is 0 Å². The van der Waals surface area contributed by atoms with Crippen molar-refractivity contribution in [3.8, 4) is 0 Å². The molecule has 1 aromatic heterocycles. The first kappa shape index (κ1) is 10.8. The van der Waals surface area contributed by atoms with E-state index in [-0.39, 0.29) is 0 Å². The lowest BCUT2D eigenvalue weighted by Gasteiger charge is -2.21. The third-order valence-corrected chi connectivity index (χ3v) is 2.11. The number of anilines is 2. The summed E-state index contributed by atoms with van der Waals surface area (Å²) in [5.41, 5.74) is 0. The summed E-state index contributed by atoms with van der Waals surface area (Å²) in [4.78, 5) is 10.6. The highest BCUT2D eigenvalue weighted by Crippen LogP contribution is 2.13. The molecule has 0 fully saturated rings. The van der Waals surface area contributed by atoms with Crippen molar-refractivity contribution in [1.29, 1.82) is 0 Å². The lowest BCUT2D eigenvalue weighted by molar-refractivity contribution is 0.776. The first-order chi connectivity index (χ1) is 6.81. The van der Waals surface area contributed by atoms with Crippen LogP contribution in [0.2, 0.25) is 0 Å². The van der Waals surface area contributed by atoms with Gasteiger partial charge >= 0.3 is 0 Å². The Morgan fingerprint density at radius 2 is 2.14 bits per heavy atom. The van der Waals surface area contributed by atoms with Crippen LogP contribution in [0.1, 0.15) is 20.3 Å². The number of nitrogens with one attached hydrogen (secondary N) is 1. The van der Waals surface area contributed by atoms with Crippen LogP contribution in [0.15, 0.2) is 12.4 Å². The number of hydrogen-bond donors (Lipinski definition) is 1. The van der Waals surface area contributed by atoms with Gasteiger partial charge in [-0.15, -0.1) is 0 Å². The van der Waals surface area contributed by atoms with Crippen LogP contribution in [0.25, 0.3) is 0 Å². The van der Waals surface area contributed by atoms with E-state index in [1.165, 1.54) is 0 Å². The molecule has 0 aliphatic rings. The second-order valence-electron chi connectivity index (χ2n) is 3.09. The van der Waals surface area contributed by atoms with Crippen molar-refractivity contribution in [2.75, 3.05) is 30.4 Å². The highest BCUT2D eigenvalue weighted by molar-refractivity contribution is 5.47. The van der Waals surface area contributed by atoms with Crippen molar-refractivity contribution < 1.29 is 0 Å². The van der Waals surface area contributed by atoms with E-state index in [9.17, 15) is 0 Å². The van der Waals surface area contributed by atoms with Gasteiger partial charge in [-0.2, -0.15) is 0 Å². The monoisotopic (exact) mass is 194 g/mol. The Morgan fingerprint density at radius 3 is 2.71 bits per heavy atom. The van der Waals surface area contributed by atoms with E-state index in [2.05, 4.69) is 34.0 Å². The largest absolute Gasteiger partial charge is 0.373 e. The second kappa shape index (κ2) is 5.42. The molecule has 0 saturated carbocycles. The van der Waals surface area contributed by atoms with Crippen molar-refractivity contribution >= 4 is 11.6 Å². The molecule has 14 heavy (non-hydrogen) atoms. The molecule has 0 amide bonds. The fourth-order valence-corrected chi connectivity index (χ4v) is 1.36. The molecule has 0 saturated heterocycles. The van der Waals surface area contributed by atoms with Crippen molar-refractivity contribution in [2.24, 2.45) is 0 Å². The van der Waals surface area contributed by atoms with Gasteiger partial charge in [0.1, 0.15) is 18.0 Å². The maximum absolute atomic E-state index is 4.25. The van der Waals surface area contributed by atoms with Gasteiger partial charge in [-0.25, -0.2) is 9.97 Å². The number of rotatable bonds is 5. The van der Waals surface area contributed by atoms with Crippen molar-refractivity contribution in [3.63, 3.8) is 0 Å². The minimum atomic E-state index is 0.865. The Morgan fingerprint density at radius 1 is 1.36 bits per heavy atom. The van der Waals surface area contributed by atoms with E-state index in [1.54, 1.807) is 6.33 Å². The van der Waals surface area contributed by atoms with Gasteiger partial charge in [0.15, 0.2) is 0 Å². The van der Waals surface area contributed by atoms with Gasteiger partial charge < -0.3 is 10.2 Å². The number of aromatic nitrogens is 2. The van der Waals surface area contributed by atoms with Crippen LogP contribution in [0.5, 0.6) is 0 Å². The smallest absolute Gasteiger partial charge is 0.134 e. The summed E-state index contributed by atoms with van der Waals surface area (Å²) in [7, 11) is 1.86. The number of nitrogens with zero attached hydrogens (tertiary/aromatic N) is 3. The molecule has 78 valence electrons. The molecule has 1 heterocycles. The van der Waals surface area contributed by atoms with Gasteiger partial charge in [0.25, 0.3) is 0 Å². The van der Waals surface area contributed by atoms with Crippen LogP contribution >= 0.6 is 0 Å². The zero-order valence-electron chi connectivity index (χ0n) is 9.12. The lowest BCUT2D eigenvalue weighted by Crippen LogP contribution is -2.24. The normalized spacial score (nSPS) is 9.93. The van der Waals surface area contributed by atoms with E-state index >= 15 is 0 Å². The Hall–Kier alpha value is -1.32. The molecule has 0 aliphatic heterocycles. The Balaban J connectivity index is 2.80. The SMILES string of the molecule is CCCN(CC)c1cc(NC)ncn1. The fourth-order valence-electron chi connectivity index (χ4n) is 1.36. The maximum atomic E-state index is 4.25. The van der Waals surface area contributed by atoms with Gasteiger partial charge in [-0.1, -0.05) is 6.92 Å². The lowest BCUT2D eigenvalue weighted by atomic mass is 10.4. The van der Waals surface area contributed by atoms with Crippen LogP contribution < -0.4 is 10.2 Å². The molecular weight excluding hydrogens is 176 g/mol. The predicted octanol–water partition coefficient (Wildman–Crippen LogP) is 1.75. The first-order valence-corrected chi connectivity index (χ1v) is 5.06. The second-order valence-corrected chi connectivity index (χ2v) is 3.09. The van der Waals surface area contributed by atoms with E-state index in [0.717, 1.165) is 31.1 Å². The summed E-state index contributed by atoms with van der Waals surface area (Å²) in [6.07, 6.45) is 2.73. The molecule has 0 spiro atoms. The van der Waals surface area contributed by atoms with Gasteiger partial charge in [0.2, 0.25) is 0 Å². The van der Waals surface area contributed by atoms with Gasteiger partial charge in [-0.3, -0.25) is 0 Å². The Labute approximate surface area is 85.4 Å². The molecule has 0 unspecified atom stereocenters. The minimum absolute atomic E-state index is 0.865. The summed E-state index contributed by atoms with van der Waals surface area (Å²) >= 11 is 0. The molecule has 1 aromatic rings. The zero-order valence-corrected chi connectivity index (χ0v) is 9.12. The van der Waals surface area contributed by atoms with Crippen LogP contribution in [0, 0.1) is 0 Å². The van der Waals surface area contributed by atoms with E-state index in [1.807, 2.05) is 13.1 Å². The van der Waals surface area contributed by atoms with Crippen molar-refractivity contribution in [1.82, 2.24) is 9.97 Å². The predicted molar refractivity (Wildman–Crippen MR) is 59.8 cm³/mol. The van der Waals surface area contributed by atoms with Crippen LogP contribution in [0.4, 0.5) is 11.6 Å². The molecule has 0 atom stereocenters. The quantitative estimate of drug-likeness (QED) is 0.775. The molecule has 1 N–H and O–H groups in total. The molecule has 4 heteroatoms. The molecule has 4 nitrogen and oxygen atoms in total. The van der Waals surface area contributed by atoms with Crippen LogP contribution in [-0.2, 0) is 0 Å². The van der Waals surface area contributed by atoms with Gasteiger partial charge in [-0.05, 0) is 13.3 Å². The summed E-state index contributed by atoms with van der Waals surface area (Å²) in [6, 6.07) is 1.97. The summed E-state index contributed by atoms with van der Waals surface area (Å²) < 4.78 is 0. The highest BCUT2D eigenvalue weighted by atomic mass is 15.2. The first-order valence-electron chi connectivity index (χ1n) is 5.06. The molecule has 0 bridgehead atoms. The molecule has 1 rings (SSSR count). The van der Waals surface area contributed by atoms with Crippen molar-refractivity contribution in [2.45, 2.75) is 20.3 Å². The van der Waals surface area contributed by atoms with Crippen LogP contribution in [-0.4, -0.2) is 30.1 Å². The summed E-state index contributed by atoms with van der Waals surface area (Å²) in [5, 5.41) is 3.01. The van der Waals surface area contributed by atoms with E-state index < -0.39 is 0 Å². The van der Waals surface area contributed by atoms with Crippen LogP contribution in [0.3, 0.4) is 0 Å². The fraction of sp³-hybridized carbons (Fsp3) is 0.600. The molecule has 0 radical (unpaired) electrons. The Bertz CT molecular complexity index is 275. The summed E-state index contributed by atoms with van der Waals surface area (Å²) in [6.45, 7) is 6.32. The van der Waals surface area contributed by atoms with Crippen molar-refractivity contribution in [3.05, 3.63) is 12.4 Å². The van der Waals surface area contributed by atoms with E-state index in [0.29, 0.717) is 0 Å². The average Bonchev–Trinajstić information content (AvgIpc) is 2.26. The standard InChI is InChI=1S/C10H18N4/c1-4-6-14(5-2)10-7-9(11-3)12-8-13-10/h7-8H,4-6H2,1-3H3,(H,11,12,13). The molecular formula is C10H18N4. The van der Waals surface area contributed by atoms with E-state index in [4.69, 9.17) is 0 Å². The molecule has 0 aliphatic carbocycles. The third kappa shape index (κ3) is 2.58. The third-order valence-electron chi connectivity index (χ3n) is 2.11. The molecule has 0 aromatic carbocycles. The zero-order chi connectivity index (χ0) is 10.4. The average molecular weight is 194 g/mol. The minimum Gasteiger partial charge on any atom is -0.373 e.